The predicted molar refractivity (Wildman–Crippen MR) is 142 cm³/mol. The molecule has 39 heavy (non-hydrogen) atoms. The maximum absolute atomic E-state index is 15.0. The zero-order valence-electron chi connectivity index (χ0n) is 21.0. The third-order valence-corrected chi connectivity index (χ3v) is 6.17. The van der Waals surface area contributed by atoms with Crippen LogP contribution in [0.4, 0.5) is 4.39 Å². The molecule has 0 spiro atoms. The van der Waals surface area contributed by atoms with Gasteiger partial charge in [-0.05, 0) is 43.3 Å². The number of fused-ring (bicyclic) bond motifs is 1. The summed E-state index contributed by atoms with van der Waals surface area (Å²) in [6.07, 6.45) is 5.08. The number of carbonyl (C=O) groups is 3. The lowest BCUT2D eigenvalue weighted by molar-refractivity contribution is -0.138. The molecule has 0 radical (unpaired) electrons. The summed E-state index contributed by atoms with van der Waals surface area (Å²) in [4.78, 5) is 45.5. The number of amides is 3. The molecule has 0 saturated carbocycles. The molecule has 0 bridgehead atoms. The van der Waals surface area contributed by atoms with Gasteiger partial charge in [0, 0.05) is 41.6 Å². The Labute approximate surface area is 222 Å². The molecule has 11 heteroatoms. The number of hydrogen-bond donors (Lipinski definition) is 3. The molecule has 4 aromatic rings. The fourth-order valence-corrected chi connectivity index (χ4v) is 4.13. The van der Waals surface area contributed by atoms with Crippen LogP contribution in [0.1, 0.15) is 28.0 Å². The summed E-state index contributed by atoms with van der Waals surface area (Å²) in [6.45, 7) is 1.67. The van der Waals surface area contributed by atoms with Crippen molar-refractivity contribution < 1.29 is 23.5 Å². The lowest BCUT2D eigenvalue weighted by atomic mass is 10.1. The van der Waals surface area contributed by atoms with E-state index in [1.54, 1.807) is 24.5 Å². The van der Waals surface area contributed by atoms with E-state index in [1.165, 1.54) is 24.4 Å². The molecule has 10 nitrogen and oxygen atoms in total. The van der Waals surface area contributed by atoms with E-state index < -0.39 is 36.1 Å². The van der Waals surface area contributed by atoms with Crippen molar-refractivity contribution in [1.82, 2.24) is 25.6 Å². The number of aryl methyl sites for hydroxylation is 1. The van der Waals surface area contributed by atoms with Crippen LogP contribution in [0.5, 0.6) is 11.5 Å². The van der Waals surface area contributed by atoms with Crippen LogP contribution in [0, 0.1) is 12.7 Å². The van der Waals surface area contributed by atoms with Crippen LogP contribution in [0.3, 0.4) is 0 Å². The highest BCUT2D eigenvalue weighted by Gasteiger charge is 2.32. The SMILES string of the molecule is Cc1ccc(Oc2cccc(C(=O)NCC(=O)N3N=CC[C@H]3C(=O)NCc3cc4cnccc4[nH]3)c2F)cc1. The molecule has 2 aromatic heterocycles. The number of aromatic nitrogens is 2. The normalized spacial score (nSPS) is 14.4. The largest absolute Gasteiger partial charge is 0.454 e. The van der Waals surface area contributed by atoms with Crippen LogP contribution < -0.4 is 15.4 Å². The highest BCUT2D eigenvalue weighted by Crippen LogP contribution is 2.26. The molecule has 1 atom stereocenters. The highest BCUT2D eigenvalue weighted by molar-refractivity contribution is 5.98. The third kappa shape index (κ3) is 5.77. The number of hydrazone groups is 1. The molecule has 198 valence electrons. The second kappa shape index (κ2) is 11.1. The first-order valence-corrected chi connectivity index (χ1v) is 12.2. The number of nitrogens with zero attached hydrogens (tertiary/aromatic N) is 3. The predicted octanol–water partition coefficient (Wildman–Crippen LogP) is 3.44. The number of aromatic amines is 1. The van der Waals surface area contributed by atoms with Gasteiger partial charge >= 0.3 is 0 Å². The average Bonchev–Trinajstić information content (AvgIpc) is 3.60. The van der Waals surface area contributed by atoms with Crippen molar-refractivity contribution in [3.05, 3.63) is 89.6 Å². The summed E-state index contributed by atoms with van der Waals surface area (Å²) in [5.41, 5.74) is 2.43. The Bertz CT molecular complexity index is 1530. The molecule has 3 N–H and O–H groups in total. The highest BCUT2D eigenvalue weighted by atomic mass is 19.1. The second-order valence-corrected chi connectivity index (χ2v) is 8.98. The molecule has 0 unspecified atom stereocenters. The fraction of sp³-hybridized carbons (Fsp3) is 0.179. The van der Waals surface area contributed by atoms with Gasteiger partial charge in [-0.3, -0.25) is 19.4 Å². The van der Waals surface area contributed by atoms with Gasteiger partial charge in [0.05, 0.1) is 18.7 Å². The fourth-order valence-electron chi connectivity index (χ4n) is 4.13. The molecule has 2 aromatic carbocycles. The van der Waals surface area contributed by atoms with Gasteiger partial charge in [0.15, 0.2) is 11.6 Å². The molecule has 3 amide bonds. The molecule has 0 aliphatic carbocycles. The van der Waals surface area contributed by atoms with E-state index in [1.807, 2.05) is 31.2 Å². The molecule has 3 heterocycles. The number of benzene rings is 2. The van der Waals surface area contributed by atoms with Gasteiger partial charge in [-0.1, -0.05) is 23.8 Å². The number of pyridine rings is 1. The van der Waals surface area contributed by atoms with Crippen molar-refractivity contribution in [3.63, 3.8) is 0 Å². The Morgan fingerprint density at radius 2 is 1.95 bits per heavy atom. The van der Waals surface area contributed by atoms with E-state index in [9.17, 15) is 14.4 Å². The zero-order valence-corrected chi connectivity index (χ0v) is 21.0. The summed E-state index contributed by atoms with van der Waals surface area (Å²) >= 11 is 0. The van der Waals surface area contributed by atoms with Gasteiger partial charge in [-0.25, -0.2) is 9.40 Å². The van der Waals surface area contributed by atoms with E-state index in [0.717, 1.165) is 27.2 Å². The minimum absolute atomic E-state index is 0.120. The first-order valence-electron chi connectivity index (χ1n) is 12.2. The lowest BCUT2D eigenvalue weighted by Gasteiger charge is -2.21. The Morgan fingerprint density at radius 1 is 1.13 bits per heavy atom. The number of nitrogens with one attached hydrogen (secondary N) is 3. The third-order valence-electron chi connectivity index (χ3n) is 6.17. The van der Waals surface area contributed by atoms with E-state index in [4.69, 9.17) is 4.74 Å². The minimum Gasteiger partial charge on any atom is -0.454 e. The van der Waals surface area contributed by atoms with Crippen LogP contribution in [-0.4, -0.2) is 51.5 Å². The molecule has 0 saturated heterocycles. The average molecular weight is 529 g/mol. The number of ether oxygens (including phenoxy) is 1. The second-order valence-electron chi connectivity index (χ2n) is 8.98. The lowest BCUT2D eigenvalue weighted by Crippen LogP contribution is -2.47. The summed E-state index contributed by atoms with van der Waals surface area (Å²) in [5.74, 6) is -2.35. The summed E-state index contributed by atoms with van der Waals surface area (Å²) in [5, 5.41) is 11.1. The number of hydrogen-bond acceptors (Lipinski definition) is 6. The standard InChI is InChI=1S/C28H25FN6O4/c1-17-5-7-20(8-6-17)39-24-4-2-3-21(26(24)29)27(37)32-16-25(36)35-23(10-12-33-35)28(38)31-15-19-13-18-14-30-11-9-22(18)34-19/h2-9,11-14,23,34H,10,15-16H2,1H3,(H,31,38)(H,32,37)/t23-/m0/s1. The Hall–Kier alpha value is -5.06. The van der Waals surface area contributed by atoms with Crippen molar-refractivity contribution >= 4 is 34.8 Å². The Balaban J connectivity index is 1.16. The van der Waals surface area contributed by atoms with Gasteiger partial charge in [-0.2, -0.15) is 5.10 Å². The van der Waals surface area contributed by atoms with Crippen molar-refractivity contribution in [2.45, 2.75) is 25.9 Å². The summed E-state index contributed by atoms with van der Waals surface area (Å²) in [7, 11) is 0. The maximum atomic E-state index is 15.0. The van der Waals surface area contributed by atoms with Crippen LogP contribution in [0.25, 0.3) is 10.9 Å². The van der Waals surface area contributed by atoms with Gasteiger partial charge in [0.1, 0.15) is 11.8 Å². The Kier molecular flexibility index (Phi) is 7.30. The molecule has 1 aliphatic rings. The van der Waals surface area contributed by atoms with Crippen molar-refractivity contribution in [2.24, 2.45) is 5.10 Å². The molecular weight excluding hydrogens is 503 g/mol. The smallest absolute Gasteiger partial charge is 0.262 e. The number of rotatable bonds is 8. The van der Waals surface area contributed by atoms with Crippen LogP contribution in [0.15, 0.2) is 72.1 Å². The summed E-state index contributed by atoms with van der Waals surface area (Å²) in [6, 6.07) is 14.1. The van der Waals surface area contributed by atoms with E-state index in [2.05, 4.69) is 25.7 Å². The van der Waals surface area contributed by atoms with Gasteiger partial charge in [0.2, 0.25) is 5.91 Å². The molecule has 0 fully saturated rings. The van der Waals surface area contributed by atoms with Gasteiger partial charge < -0.3 is 20.4 Å². The van der Waals surface area contributed by atoms with Crippen molar-refractivity contribution in [2.75, 3.05) is 6.54 Å². The monoisotopic (exact) mass is 528 g/mol. The molecular formula is C28H25FN6O4. The molecule has 1 aliphatic heterocycles. The zero-order chi connectivity index (χ0) is 27.4. The van der Waals surface area contributed by atoms with Crippen molar-refractivity contribution in [1.29, 1.82) is 0 Å². The van der Waals surface area contributed by atoms with E-state index in [-0.39, 0.29) is 24.3 Å². The Morgan fingerprint density at radius 3 is 2.74 bits per heavy atom. The number of carbonyl (C=O) groups excluding carboxylic acids is 3. The first kappa shape index (κ1) is 25.6. The van der Waals surface area contributed by atoms with Crippen LogP contribution >= 0.6 is 0 Å². The maximum Gasteiger partial charge on any atom is 0.262 e. The van der Waals surface area contributed by atoms with E-state index >= 15 is 4.39 Å². The van der Waals surface area contributed by atoms with Gasteiger partial charge in [0.25, 0.3) is 11.8 Å². The number of halogens is 1. The van der Waals surface area contributed by atoms with E-state index in [0.29, 0.717) is 5.75 Å². The summed E-state index contributed by atoms with van der Waals surface area (Å²) < 4.78 is 20.6. The van der Waals surface area contributed by atoms with Crippen molar-refractivity contribution in [3.8, 4) is 11.5 Å². The van der Waals surface area contributed by atoms with Gasteiger partial charge in [-0.15, -0.1) is 0 Å². The molecule has 5 rings (SSSR count). The topological polar surface area (TPSA) is 129 Å². The first-order chi connectivity index (χ1) is 18.9. The quantitative estimate of drug-likeness (QED) is 0.323. The number of H-pyrrole nitrogens is 1. The minimum atomic E-state index is -0.858. The van der Waals surface area contributed by atoms with Crippen LogP contribution in [-0.2, 0) is 16.1 Å². The van der Waals surface area contributed by atoms with Crippen LogP contribution in [0.2, 0.25) is 0 Å².